The number of nitrogens with zero attached hydrogens (tertiary/aromatic N) is 6. The number of carbonyl (C=O) groups excluding carboxylic acids is 2. The van der Waals surface area contributed by atoms with E-state index >= 15 is 0 Å². The SMILES string of the molecule is CCn1c2ccc(OCC(=O)N3CCN(c4cccc(C)n4)CC3)cc2c2c3c(c4c(c21)CCc1nn(C)cc1-4)C(=O)NC3. The van der Waals surface area contributed by atoms with Crippen LogP contribution in [0.15, 0.2) is 42.6 Å². The average Bonchev–Trinajstić information content (AvgIpc) is 3.71. The van der Waals surface area contributed by atoms with E-state index < -0.39 is 0 Å². The van der Waals surface area contributed by atoms with Crippen LogP contribution in [0.1, 0.15) is 39.8 Å². The van der Waals surface area contributed by atoms with Gasteiger partial charge in [-0.2, -0.15) is 5.10 Å². The van der Waals surface area contributed by atoms with Crippen LogP contribution in [0.4, 0.5) is 5.82 Å². The van der Waals surface area contributed by atoms with Gasteiger partial charge in [0.05, 0.1) is 16.8 Å². The predicted octanol–water partition coefficient (Wildman–Crippen LogP) is 3.99. The first-order valence-electron chi connectivity index (χ1n) is 15.4. The lowest BCUT2D eigenvalue weighted by Gasteiger charge is -2.35. The molecule has 0 bridgehead atoms. The second kappa shape index (κ2) is 10.1. The lowest BCUT2D eigenvalue weighted by atomic mass is 9.82. The van der Waals surface area contributed by atoms with E-state index in [1.54, 1.807) is 0 Å². The number of ether oxygens (including phenoxy) is 1. The smallest absolute Gasteiger partial charge is 0.260 e. The molecule has 2 aromatic carbocycles. The Morgan fingerprint density at radius 3 is 2.68 bits per heavy atom. The van der Waals surface area contributed by atoms with Crippen molar-refractivity contribution in [1.29, 1.82) is 0 Å². The van der Waals surface area contributed by atoms with Crippen molar-refractivity contribution in [2.24, 2.45) is 7.05 Å². The summed E-state index contributed by atoms with van der Waals surface area (Å²) in [4.78, 5) is 35.2. The highest BCUT2D eigenvalue weighted by molar-refractivity contribution is 6.19. The van der Waals surface area contributed by atoms with E-state index in [9.17, 15) is 9.59 Å². The van der Waals surface area contributed by atoms with E-state index in [0.717, 1.165) is 88.2 Å². The normalized spacial score (nSPS) is 15.8. The van der Waals surface area contributed by atoms with Gasteiger partial charge >= 0.3 is 0 Å². The number of hydrogen-bond donors (Lipinski definition) is 1. The third-order valence-electron chi connectivity index (χ3n) is 9.42. The fraction of sp³-hybridized carbons (Fsp3) is 0.353. The highest BCUT2D eigenvalue weighted by Gasteiger charge is 2.35. The predicted molar refractivity (Wildman–Crippen MR) is 169 cm³/mol. The van der Waals surface area contributed by atoms with Gasteiger partial charge in [0, 0.05) is 85.6 Å². The van der Waals surface area contributed by atoms with E-state index in [-0.39, 0.29) is 18.4 Å². The first-order valence-corrected chi connectivity index (χ1v) is 15.4. The van der Waals surface area contributed by atoms with Crippen molar-refractivity contribution in [1.82, 2.24) is 29.5 Å². The summed E-state index contributed by atoms with van der Waals surface area (Å²) in [6.45, 7) is 8.19. The first kappa shape index (κ1) is 26.7. The lowest BCUT2D eigenvalue weighted by Crippen LogP contribution is -2.50. The number of nitrogens with one attached hydrogen (secondary N) is 1. The van der Waals surface area contributed by atoms with Crippen LogP contribution >= 0.6 is 0 Å². The quantitative estimate of drug-likeness (QED) is 0.333. The Labute approximate surface area is 255 Å². The summed E-state index contributed by atoms with van der Waals surface area (Å²) >= 11 is 0. The van der Waals surface area contributed by atoms with Gasteiger partial charge in [-0.05, 0) is 68.1 Å². The number of piperazine rings is 1. The maximum Gasteiger partial charge on any atom is 0.260 e. The van der Waals surface area contributed by atoms with Crippen LogP contribution in [0.2, 0.25) is 0 Å². The maximum absolute atomic E-state index is 13.3. The molecule has 2 aliphatic heterocycles. The third kappa shape index (κ3) is 4.07. The van der Waals surface area contributed by atoms with Gasteiger partial charge in [-0.15, -0.1) is 0 Å². The zero-order valence-corrected chi connectivity index (χ0v) is 25.3. The van der Waals surface area contributed by atoms with Crippen LogP contribution in [0.3, 0.4) is 0 Å². The summed E-state index contributed by atoms with van der Waals surface area (Å²) in [7, 11) is 1.94. The summed E-state index contributed by atoms with van der Waals surface area (Å²) < 4.78 is 10.3. The molecule has 2 amide bonds. The average molecular weight is 590 g/mol. The molecule has 0 radical (unpaired) electrons. The lowest BCUT2D eigenvalue weighted by molar-refractivity contribution is -0.133. The zero-order chi connectivity index (χ0) is 30.1. The maximum atomic E-state index is 13.3. The highest BCUT2D eigenvalue weighted by atomic mass is 16.5. The minimum absolute atomic E-state index is 0.0159. The number of fused-ring (bicyclic) bond motifs is 10. The molecule has 0 spiro atoms. The van der Waals surface area contributed by atoms with Gasteiger partial charge < -0.3 is 24.4 Å². The van der Waals surface area contributed by atoms with E-state index in [1.165, 1.54) is 11.1 Å². The topological polar surface area (TPSA) is 97.5 Å². The van der Waals surface area contributed by atoms with Crippen LogP contribution in [0.25, 0.3) is 32.9 Å². The Balaban J connectivity index is 1.10. The van der Waals surface area contributed by atoms with Crippen molar-refractivity contribution >= 4 is 39.4 Å². The monoisotopic (exact) mass is 589 g/mol. The Morgan fingerprint density at radius 2 is 1.89 bits per heavy atom. The number of rotatable bonds is 5. The molecule has 5 heterocycles. The van der Waals surface area contributed by atoms with Crippen molar-refractivity contribution in [2.75, 3.05) is 37.7 Å². The van der Waals surface area contributed by atoms with Crippen LogP contribution in [0.5, 0.6) is 5.75 Å². The Bertz CT molecular complexity index is 2000. The minimum atomic E-state index is -0.0245. The Kier molecular flexibility index (Phi) is 6.14. The molecular formula is C34H35N7O3. The molecule has 3 aromatic heterocycles. The van der Waals surface area contributed by atoms with Gasteiger partial charge in [-0.3, -0.25) is 14.3 Å². The summed E-state index contributed by atoms with van der Waals surface area (Å²) in [6, 6.07) is 12.1. The number of aryl methyl sites for hydroxylation is 5. The second-order valence-corrected chi connectivity index (χ2v) is 12.0. The van der Waals surface area contributed by atoms with E-state index in [1.807, 2.05) is 60.1 Å². The molecule has 3 aliphatic rings. The number of aromatic nitrogens is 4. The summed E-state index contributed by atoms with van der Waals surface area (Å²) in [5, 5.41) is 9.96. The van der Waals surface area contributed by atoms with Crippen LogP contribution in [0, 0.1) is 6.92 Å². The number of hydrogen-bond acceptors (Lipinski definition) is 6. The number of benzene rings is 2. The second-order valence-electron chi connectivity index (χ2n) is 12.0. The summed E-state index contributed by atoms with van der Waals surface area (Å²) in [6.07, 6.45) is 3.72. The summed E-state index contributed by atoms with van der Waals surface area (Å²) in [5.74, 6) is 1.57. The molecule has 8 rings (SSSR count). The van der Waals surface area contributed by atoms with Gasteiger partial charge in [-0.25, -0.2) is 4.98 Å². The van der Waals surface area contributed by atoms with Crippen LogP contribution < -0.4 is 15.0 Å². The third-order valence-corrected chi connectivity index (χ3v) is 9.42. The van der Waals surface area contributed by atoms with Crippen molar-refractivity contribution < 1.29 is 14.3 Å². The van der Waals surface area contributed by atoms with E-state index in [0.29, 0.717) is 25.4 Å². The largest absolute Gasteiger partial charge is 0.484 e. The fourth-order valence-corrected chi connectivity index (χ4v) is 7.44. The van der Waals surface area contributed by atoms with Crippen molar-refractivity contribution in [3.05, 3.63) is 70.7 Å². The molecule has 1 aliphatic carbocycles. The first-order chi connectivity index (χ1) is 21.4. The van der Waals surface area contributed by atoms with Gasteiger partial charge in [-0.1, -0.05) is 6.07 Å². The fourth-order valence-electron chi connectivity index (χ4n) is 7.44. The molecule has 1 fully saturated rings. The molecule has 0 atom stereocenters. The van der Waals surface area contributed by atoms with Gasteiger partial charge in [0.1, 0.15) is 11.6 Å². The highest BCUT2D eigenvalue weighted by Crippen LogP contribution is 2.47. The molecule has 224 valence electrons. The van der Waals surface area contributed by atoms with Crippen LogP contribution in [-0.4, -0.2) is 68.8 Å². The molecule has 0 unspecified atom stereocenters. The Hall–Kier alpha value is -4.86. The molecule has 1 saturated heterocycles. The minimum Gasteiger partial charge on any atom is -0.484 e. The zero-order valence-electron chi connectivity index (χ0n) is 25.3. The number of pyridine rings is 1. The van der Waals surface area contributed by atoms with Crippen LogP contribution in [-0.2, 0) is 37.8 Å². The molecule has 44 heavy (non-hydrogen) atoms. The Morgan fingerprint density at radius 1 is 1.05 bits per heavy atom. The number of amides is 2. The molecule has 5 aromatic rings. The van der Waals surface area contributed by atoms with E-state index in [2.05, 4.69) is 32.8 Å². The summed E-state index contributed by atoms with van der Waals surface area (Å²) in [5.41, 5.74) is 9.46. The number of anilines is 1. The van der Waals surface area contributed by atoms with Gasteiger partial charge in [0.2, 0.25) is 0 Å². The van der Waals surface area contributed by atoms with Gasteiger partial charge in [0.25, 0.3) is 11.8 Å². The van der Waals surface area contributed by atoms with Crippen molar-refractivity contribution in [2.45, 2.75) is 39.8 Å². The van der Waals surface area contributed by atoms with Crippen molar-refractivity contribution in [3.8, 4) is 16.9 Å². The van der Waals surface area contributed by atoms with Crippen molar-refractivity contribution in [3.63, 3.8) is 0 Å². The molecule has 1 N–H and O–H groups in total. The van der Waals surface area contributed by atoms with Gasteiger partial charge in [0.15, 0.2) is 6.61 Å². The molecule has 10 heteroatoms. The number of carbonyl (C=O) groups is 2. The molecule has 10 nitrogen and oxygen atoms in total. The standard InChI is InChI=1S/C34H35N7O3/c1-4-41-27-11-8-21(44-19-29(42)40-14-12-39(13-15-40)28-7-5-6-20(2)36-28)16-23(27)31-24-17-35-34(43)32(24)30-22(33(31)41)9-10-26-25(30)18-38(3)37-26/h5-8,11,16,18H,4,9-10,12-15,17,19H2,1-3H3,(H,35,43). The molecule has 0 saturated carbocycles. The van der Waals surface area contributed by atoms with E-state index in [4.69, 9.17) is 9.84 Å². The molecular weight excluding hydrogens is 554 g/mol.